The van der Waals surface area contributed by atoms with E-state index in [2.05, 4.69) is 41.8 Å². The Labute approximate surface area is 325 Å². The standard InChI is InChI=1S/C42H26Br2N2O8/c43-29-13-19-37(53-41(51)35-7-3-1-5-33(35)39(47)48)27(21-29)23-45-31-15-9-25(10-16-31)26-11-17-32(18-12-26)46-24-28-22-30(44)14-20-38(28)54-42(52)36-8-4-2-6-34(36)40(49)50/h1-24H,(H,47,48)(H,49,50). The zero-order valence-corrected chi connectivity index (χ0v) is 31.0. The molecule has 0 aliphatic heterocycles. The van der Waals surface area contributed by atoms with Gasteiger partial charge in [-0.15, -0.1) is 0 Å². The molecule has 0 radical (unpaired) electrons. The topological polar surface area (TPSA) is 152 Å². The molecule has 0 aliphatic carbocycles. The van der Waals surface area contributed by atoms with Gasteiger partial charge in [0, 0.05) is 32.5 Å². The molecule has 0 bridgehead atoms. The van der Waals surface area contributed by atoms with Crippen LogP contribution < -0.4 is 9.47 Å². The summed E-state index contributed by atoms with van der Waals surface area (Å²) in [7, 11) is 0. The third kappa shape index (κ3) is 9.10. The Kier molecular flexibility index (Phi) is 11.7. The summed E-state index contributed by atoms with van der Waals surface area (Å²) in [5.74, 6) is -3.64. The van der Waals surface area contributed by atoms with Gasteiger partial charge in [-0.2, -0.15) is 0 Å². The first-order valence-electron chi connectivity index (χ1n) is 16.0. The minimum atomic E-state index is -1.23. The van der Waals surface area contributed by atoms with Crippen LogP contribution in [0.1, 0.15) is 52.6 Å². The van der Waals surface area contributed by atoms with Gasteiger partial charge in [-0.3, -0.25) is 9.98 Å². The first-order chi connectivity index (χ1) is 26.0. The van der Waals surface area contributed by atoms with E-state index in [1.807, 2.05) is 48.5 Å². The maximum absolute atomic E-state index is 12.9. The van der Waals surface area contributed by atoms with Gasteiger partial charge in [-0.25, -0.2) is 19.2 Å². The van der Waals surface area contributed by atoms with E-state index < -0.39 is 23.9 Å². The lowest BCUT2D eigenvalue weighted by Crippen LogP contribution is -2.14. The van der Waals surface area contributed by atoms with Gasteiger partial charge in [0.25, 0.3) is 0 Å². The van der Waals surface area contributed by atoms with Crippen LogP contribution in [0.25, 0.3) is 11.1 Å². The Morgan fingerprint density at radius 1 is 0.481 bits per heavy atom. The van der Waals surface area contributed by atoms with Gasteiger partial charge in [0.2, 0.25) is 0 Å². The molecule has 266 valence electrons. The Hall–Kier alpha value is -6.50. The molecule has 6 rings (SSSR count). The van der Waals surface area contributed by atoms with E-state index in [-0.39, 0.29) is 33.8 Å². The van der Waals surface area contributed by atoms with E-state index >= 15 is 0 Å². The predicted octanol–water partition coefficient (Wildman–Crippen LogP) is 10.2. The van der Waals surface area contributed by atoms with Crippen molar-refractivity contribution in [2.24, 2.45) is 9.98 Å². The third-order valence-corrected chi connectivity index (χ3v) is 8.86. The first-order valence-corrected chi connectivity index (χ1v) is 17.6. The highest BCUT2D eigenvalue weighted by Crippen LogP contribution is 2.29. The lowest BCUT2D eigenvalue weighted by atomic mass is 10.1. The highest BCUT2D eigenvalue weighted by Gasteiger charge is 2.20. The summed E-state index contributed by atoms with van der Waals surface area (Å²) >= 11 is 6.86. The zero-order valence-electron chi connectivity index (χ0n) is 27.9. The van der Waals surface area contributed by atoms with Gasteiger partial charge in [-0.1, -0.05) is 80.4 Å². The van der Waals surface area contributed by atoms with Crippen LogP contribution in [0.5, 0.6) is 11.5 Å². The molecule has 6 aromatic carbocycles. The SMILES string of the molecule is O=C(O)c1ccccc1C(=O)Oc1ccc(Br)cc1C=Nc1ccc(-c2ccc(N=Cc3cc(Br)ccc3OC(=O)c3ccccc3C(=O)O)cc2)cc1. The molecule has 0 heterocycles. The Morgan fingerprint density at radius 3 is 1.19 bits per heavy atom. The van der Waals surface area contributed by atoms with E-state index in [1.165, 1.54) is 36.4 Å². The molecule has 54 heavy (non-hydrogen) atoms. The largest absolute Gasteiger partial charge is 0.478 e. The number of rotatable bonds is 11. The van der Waals surface area contributed by atoms with Crippen molar-refractivity contribution in [3.8, 4) is 22.6 Å². The van der Waals surface area contributed by atoms with E-state index in [9.17, 15) is 29.4 Å². The van der Waals surface area contributed by atoms with Gasteiger partial charge in [0.05, 0.1) is 33.6 Å². The van der Waals surface area contributed by atoms with Crippen LogP contribution in [0, 0.1) is 0 Å². The summed E-state index contributed by atoms with van der Waals surface area (Å²) in [6.07, 6.45) is 3.12. The van der Waals surface area contributed by atoms with Crippen molar-refractivity contribution in [3.05, 3.63) is 176 Å². The predicted molar refractivity (Wildman–Crippen MR) is 211 cm³/mol. The number of aromatic carboxylic acids is 2. The average Bonchev–Trinajstić information content (AvgIpc) is 3.18. The minimum absolute atomic E-state index is 0.0643. The minimum Gasteiger partial charge on any atom is -0.478 e. The Bertz CT molecular complexity index is 2290. The normalized spacial score (nSPS) is 11.1. The van der Waals surface area contributed by atoms with Gasteiger partial charge >= 0.3 is 23.9 Å². The molecular formula is C42H26Br2N2O8. The number of nitrogens with zero attached hydrogens (tertiary/aromatic N) is 2. The molecule has 0 saturated heterocycles. The number of carbonyl (C=O) groups excluding carboxylic acids is 2. The average molecular weight is 846 g/mol. The number of hydrogen-bond donors (Lipinski definition) is 2. The number of hydrogen-bond acceptors (Lipinski definition) is 8. The summed E-state index contributed by atoms with van der Waals surface area (Å²) in [5.41, 5.74) is 3.71. The maximum Gasteiger partial charge on any atom is 0.344 e. The Morgan fingerprint density at radius 2 is 0.833 bits per heavy atom. The number of benzene rings is 6. The molecule has 0 spiro atoms. The van der Waals surface area contributed by atoms with Crippen molar-refractivity contribution in [1.29, 1.82) is 0 Å². The quantitative estimate of drug-likeness (QED) is 0.0743. The number of halogens is 2. The van der Waals surface area contributed by atoms with E-state index in [0.717, 1.165) is 20.1 Å². The number of carboxylic acids is 2. The summed E-state index contributed by atoms with van der Waals surface area (Å²) in [6.45, 7) is 0. The van der Waals surface area contributed by atoms with Crippen molar-refractivity contribution in [1.82, 2.24) is 0 Å². The summed E-state index contributed by atoms with van der Waals surface area (Å²) < 4.78 is 12.6. The second-order valence-corrected chi connectivity index (χ2v) is 13.3. The molecule has 0 fully saturated rings. The molecule has 12 heteroatoms. The number of ether oxygens (including phenoxy) is 2. The number of aliphatic imine (C=N–C) groups is 2. The molecule has 0 aliphatic rings. The lowest BCUT2D eigenvalue weighted by molar-refractivity contribution is 0.0666. The van der Waals surface area contributed by atoms with Gasteiger partial charge in [0.15, 0.2) is 0 Å². The van der Waals surface area contributed by atoms with Crippen LogP contribution >= 0.6 is 31.9 Å². The smallest absolute Gasteiger partial charge is 0.344 e. The molecular weight excluding hydrogens is 820 g/mol. The van der Waals surface area contributed by atoms with Crippen LogP contribution in [0.15, 0.2) is 152 Å². The fourth-order valence-corrected chi connectivity index (χ4v) is 5.96. The first kappa shape index (κ1) is 37.3. The van der Waals surface area contributed by atoms with Crippen molar-refractivity contribution >= 4 is 79.5 Å². The molecule has 6 aromatic rings. The zero-order chi connectivity index (χ0) is 38.2. The van der Waals surface area contributed by atoms with E-state index in [4.69, 9.17) is 9.47 Å². The van der Waals surface area contributed by atoms with Gasteiger partial charge in [-0.05, 0) is 96.1 Å². The lowest BCUT2D eigenvalue weighted by Gasteiger charge is -2.10. The second-order valence-electron chi connectivity index (χ2n) is 11.5. The highest BCUT2D eigenvalue weighted by molar-refractivity contribution is 9.10. The molecule has 0 aromatic heterocycles. The third-order valence-electron chi connectivity index (χ3n) is 7.88. The monoisotopic (exact) mass is 844 g/mol. The van der Waals surface area contributed by atoms with Crippen LogP contribution in [-0.2, 0) is 0 Å². The number of carbonyl (C=O) groups is 4. The van der Waals surface area contributed by atoms with E-state index in [1.54, 1.807) is 61.0 Å². The fraction of sp³-hybridized carbons (Fsp3) is 0. The fourth-order valence-electron chi connectivity index (χ4n) is 5.20. The molecule has 2 N–H and O–H groups in total. The maximum atomic E-state index is 12.9. The summed E-state index contributed by atoms with van der Waals surface area (Å²) in [4.78, 5) is 58.1. The van der Waals surface area contributed by atoms with Gasteiger partial charge in [0.1, 0.15) is 11.5 Å². The van der Waals surface area contributed by atoms with Crippen LogP contribution in [0.3, 0.4) is 0 Å². The summed E-state index contributed by atoms with van der Waals surface area (Å²) in [5, 5.41) is 18.9. The molecule has 0 saturated carbocycles. The Balaban J connectivity index is 1.13. The van der Waals surface area contributed by atoms with Crippen molar-refractivity contribution in [2.45, 2.75) is 0 Å². The number of esters is 2. The molecule has 10 nitrogen and oxygen atoms in total. The van der Waals surface area contributed by atoms with E-state index in [0.29, 0.717) is 22.5 Å². The van der Waals surface area contributed by atoms with Gasteiger partial charge < -0.3 is 19.7 Å². The molecule has 0 unspecified atom stereocenters. The van der Waals surface area contributed by atoms with Crippen molar-refractivity contribution in [2.75, 3.05) is 0 Å². The van der Waals surface area contributed by atoms with Crippen LogP contribution in [-0.4, -0.2) is 46.5 Å². The van der Waals surface area contributed by atoms with Crippen molar-refractivity contribution in [3.63, 3.8) is 0 Å². The second kappa shape index (κ2) is 16.9. The van der Waals surface area contributed by atoms with Crippen molar-refractivity contribution < 1.29 is 38.9 Å². The molecule has 0 atom stereocenters. The van der Waals surface area contributed by atoms with Crippen LogP contribution in [0.4, 0.5) is 11.4 Å². The highest BCUT2D eigenvalue weighted by atomic mass is 79.9. The number of carboxylic acid groups (broad SMARTS) is 2. The molecule has 0 amide bonds. The summed E-state index contributed by atoms with van der Waals surface area (Å²) in [6, 6.07) is 36.8. The van der Waals surface area contributed by atoms with Crippen LogP contribution in [0.2, 0.25) is 0 Å².